The fourth-order valence-electron chi connectivity index (χ4n) is 1.89. The predicted octanol–water partition coefficient (Wildman–Crippen LogP) is 3.11. The van der Waals surface area contributed by atoms with Gasteiger partial charge in [-0.3, -0.25) is 4.79 Å². The van der Waals surface area contributed by atoms with Crippen molar-refractivity contribution >= 4 is 23.5 Å². The summed E-state index contributed by atoms with van der Waals surface area (Å²) >= 11 is 5.96. The minimum absolute atomic E-state index is 0.0115. The predicted molar refractivity (Wildman–Crippen MR) is 81.0 cm³/mol. The van der Waals surface area contributed by atoms with Crippen LogP contribution in [0.1, 0.15) is 44.0 Å². The number of ether oxygens (including phenoxy) is 1. The summed E-state index contributed by atoms with van der Waals surface area (Å²) in [6.45, 7) is 5.50. The maximum atomic E-state index is 12.0. The Labute approximate surface area is 129 Å². The number of amides is 1. The van der Waals surface area contributed by atoms with Crippen molar-refractivity contribution in [2.45, 2.75) is 45.8 Å². The molecule has 1 rings (SSSR count). The molecule has 1 aromatic carbocycles. The molecule has 0 saturated heterocycles. The second-order valence-electron chi connectivity index (χ2n) is 4.88. The highest BCUT2D eigenvalue weighted by Gasteiger charge is 2.21. The smallest absolute Gasteiger partial charge is 0.339 e. The summed E-state index contributed by atoms with van der Waals surface area (Å²) in [5, 5.41) is 12.1. The zero-order valence-electron chi connectivity index (χ0n) is 12.4. The lowest BCUT2D eigenvalue weighted by atomic mass is 10.2. The molecule has 2 atom stereocenters. The first kappa shape index (κ1) is 17.3. The molecule has 0 aliphatic rings. The Morgan fingerprint density at radius 1 is 1.38 bits per heavy atom. The van der Waals surface area contributed by atoms with Crippen molar-refractivity contribution in [3.05, 3.63) is 28.8 Å². The molecule has 0 aliphatic carbocycles. The van der Waals surface area contributed by atoms with Crippen LogP contribution in [0.2, 0.25) is 5.02 Å². The zero-order chi connectivity index (χ0) is 16.0. The van der Waals surface area contributed by atoms with E-state index in [2.05, 4.69) is 5.32 Å². The van der Waals surface area contributed by atoms with Crippen LogP contribution in [0.5, 0.6) is 5.75 Å². The Kier molecular flexibility index (Phi) is 6.49. The number of rotatable bonds is 7. The number of carboxylic acids is 1. The van der Waals surface area contributed by atoms with E-state index in [1.807, 2.05) is 13.8 Å². The van der Waals surface area contributed by atoms with Crippen LogP contribution in [0.25, 0.3) is 0 Å². The van der Waals surface area contributed by atoms with E-state index in [-0.39, 0.29) is 28.3 Å². The molecule has 21 heavy (non-hydrogen) atoms. The van der Waals surface area contributed by atoms with Crippen LogP contribution in [0, 0.1) is 0 Å². The average molecular weight is 314 g/mol. The van der Waals surface area contributed by atoms with E-state index in [0.717, 1.165) is 12.8 Å². The highest BCUT2D eigenvalue weighted by Crippen LogP contribution is 2.29. The van der Waals surface area contributed by atoms with Gasteiger partial charge in [0.2, 0.25) is 0 Å². The van der Waals surface area contributed by atoms with Crippen LogP contribution in [0.4, 0.5) is 0 Å². The topological polar surface area (TPSA) is 75.6 Å². The largest absolute Gasteiger partial charge is 0.478 e. The van der Waals surface area contributed by atoms with Gasteiger partial charge in [-0.1, -0.05) is 31.0 Å². The first-order valence-corrected chi connectivity index (χ1v) is 7.23. The van der Waals surface area contributed by atoms with Crippen LogP contribution >= 0.6 is 11.6 Å². The Bertz CT molecular complexity index is 518. The normalized spacial score (nSPS) is 13.3. The molecule has 0 aromatic heterocycles. The average Bonchev–Trinajstić information content (AvgIpc) is 2.40. The summed E-state index contributed by atoms with van der Waals surface area (Å²) in [7, 11) is 0. The fraction of sp³-hybridized carbons (Fsp3) is 0.467. The van der Waals surface area contributed by atoms with Gasteiger partial charge in [-0.05, 0) is 32.4 Å². The minimum atomic E-state index is -1.15. The maximum absolute atomic E-state index is 12.0. The molecule has 1 amide bonds. The molecule has 0 radical (unpaired) electrons. The molecule has 0 heterocycles. The summed E-state index contributed by atoms with van der Waals surface area (Å²) in [6.07, 6.45) is 0.997. The Morgan fingerprint density at radius 3 is 2.62 bits per heavy atom. The van der Waals surface area contributed by atoms with Gasteiger partial charge in [-0.15, -0.1) is 0 Å². The first-order valence-electron chi connectivity index (χ1n) is 6.85. The van der Waals surface area contributed by atoms with Gasteiger partial charge in [0.25, 0.3) is 5.91 Å². The lowest BCUT2D eigenvalue weighted by Crippen LogP contribution is -2.41. The molecule has 2 unspecified atom stereocenters. The Morgan fingerprint density at radius 2 is 2.05 bits per heavy atom. The molecule has 116 valence electrons. The van der Waals surface area contributed by atoms with Crippen LogP contribution in [-0.2, 0) is 4.79 Å². The summed E-state index contributed by atoms with van der Waals surface area (Å²) in [6, 6.07) is 4.47. The molecule has 0 saturated carbocycles. The van der Waals surface area contributed by atoms with Gasteiger partial charge in [0, 0.05) is 6.04 Å². The van der Waals surface area contributed by atoms with Gasteiger partial charge in [0.05, 0.1) is 5.02 Å². The van der Waals surface area contributed by atoms with Gasteiger partial charge in [0.15, 0.2) is 11.9 Å². The van der Waals surface area contributed by atoms with Gasteiger partial charge < -0.3 is 15.2 Å². The van der Waals surface area contributed by atoms with Crippen LogP contribution < -0.4 is 10.1 Å². The number of hydrogen-bond donors (Lipinski definition) is 2. The maximum Gasteiger partial charge on any atom is 0.339 e. The lowest BCUT2D eigenvalue weighted by Gasteiger charge is -2.19. The van der Waals surface area contributed by atoms with Crippen molar-refractivity contribution in [3.63, 3.8) is 0 Å². The molecular formula is C15H20ClNO4. The van der Waals surface area contributed by atoms with Crippen molar-refractivity contribution in [1.82, 2.24) is 5.32 Å². The molecule has 2 N–H and O–H groups in total. The first-order chi connectivity index (χ1) is 9.86. The molecular weight excluding hydrogens is 294 g/mol. The van der Waals surface area contributed by atoms with E-state index in [0.29, 0.717) is 0 Å². The number of para-hydroxylation sites is 1. The third kappa shape index (κ3) is 4.93. The number of nitrogens with one attached hydrogen (secondary N) is 1. The number of benzene rings is 1. The van der Waals surface area contributed by atoms with Crippen molar-refractivity contribution in [1.29, 1.82) is 0 Å². The van der Waals surface area contributed by atoms with E-state index >= 15 is 0 Å². The van der Waals surface area contributed by atoms with E-state index in [9.17, 15) is 9.59 Å². The highest BCUT2D eigenvalue weighted by atomic mass is 35.5. The Balaban J connectivity index is 2.81. The molecule has 0 spiro atoms. The number of hydrogen-bond acceptors (Lipinski definition) is 3. The van der Waals surface area contributed by atoms with Crippen molar-refractivity contribution in [2.24, 2.45) is 0 Å². The monoisotopic (exact) mass is 313 g/mol. The second-order valence-corrected chi connectivity index (χ2v) is 5.29. The standard InChI is InChI=1S/C15H20ClNO4/c1-4-6-9(2)17-14(18)10(3)21-13-11(15(19)20)7-5-8-12(13)16/h5,7-10H,4,6H2,1-3H3,(H,17,18)(H,19,20). The third-order valence-corrected chi connectivity index (χ3v) is 3.27. The van der Waals surface area contributed by atoms with E-state index in [4.69, 9.17) is 21.4 Å². The summed E-state index contributed by atoms with van der Waals surface area (Å²) in [5.74, 6) is -1.44. The molecule has 0 bridgehead atoms. The quantitative estimate of drug-likeness (QED) is 0.811. The number of aromatic carboxylic acids is 1. The lowest BCUT2D eigenvalue weighted by molar-refractivity contribution is -0.127. The molecule has 0 fully saturated rings. The summed E-state index contributed by atoms with van der Waals surface area (Å²) in [4.78, 5) is 23.1. The SMILES string of the molecule is CCCC(C)NC(=O)C(C)Oc1c(Cl)cccc1C(=O)O. The number of carboxylic acid groups (broad SMARTS) is 1. The second kappa shape index (κ2) is 7.88. The third-order valence-electron chi connectivity index (χ3n) is 2.97. The number of carbonyl (C=O) groups is 2. The molecule has 1 aromatic rings. The molecule has 6 heteroatoms. The highest BCUT2D eigenvalue weighted by molar-refractivity contribution is 6.32. The van der Waals surface area contributed by atoms with Gasteiger partial charge in [0.1, 0.15) is 5.56 Å². The summed E-state index contributed by atoms with van der Waals surface area (Å²) < 4.78 is 5.45. The van der Waals surface area contributed by atoms with E-state index in [1.54, 1.807) is 6.92 Å². The number of halogens is 1. The van der Waals surface area contributed by atoms with Crippen molar-refractivity contribution in [3.8, 4) is 5.75 Å². The molecule has 5 nitrogen and oxygen atoms in total. The number of carbonyl (C=O) groups excluding carboxylic acids is 1. The summed E-state index contributed by atoms with van der Waals surface area (Å²) in [5.41, 5.74) is -0.0660. The minimum Gasteiger partial charge on any atom is -0.478 e. The fourth-order valence-corrected chi connectivity index (χ4v) is 2.11. The van der Waals surface area contributed by atoms with E-state index in [1.165, 1.54) is 18.2 Å². The Hall–Kier alpha value is -1.75. The van der Waals surface area contributed by atoms with Gasteiger partial charge in [-0.25, -0.2) is 4.79 Å². The van der Waals surface area contributed by atoms with Crippen molar-refractivity contribution in [2.75, 3.05) is 0 Å². The van der Waals surface area contributed by atoms with Gasteiger partial charge in [-0.2, -0.15) is 0 Å². The van der Waals surface area contributed by atoms with Crippen LogP contribution in [0.3, 0.4) is 0 Å². The van der Waals surface area contributed by atoms with Crippen LogP contribution in [-0.4, -0.2) is 29.1 Å². The van der Waals surface area contributed by atoms with Crippen molar-refractivity contribution < 1.29 is 19.4 Å². The van der Waals surface area contributed by atoms with Gasteiger partial charge >= 0.3 is 5.97 Å². The van der Waals surface area contributed by atoms with Crippen LogP contribution in [0.15, 0.2) is 18.2 Å². The van der Waals surface area contributed by atoms with E-state index < -0.39 is 12.1 Å². The zero-order valence-corrected chi connectivity index (χ0v) is 13.1. The molecule has 0 aliphatic heterocycles.